The standard InChI is InChI=1S/C17H24N2S/c18-16-6-3-4-12-8-19(10-15(12)16)9-13-11-20-17-7-2-1-5-14(13)17/h1-2,5,7,12-13,15-16H,3-4,6,8-11,18H2. The Labute approximate surface area is 126 Å². The second-order valence-corrected chi connectivity index (χ2v) is 7.84. The Balaban J connectivity index is 1.44. The quantitative estimate of drug-likeness (QED) is 0.907. The number of thioether (sulfide) groups is 1. The third-order valence-corrected chi connectivity index (χ3v) is 6.76. The zero-order chi connectivity index (χ0) is 13.5. The van der Waals surface area contributed by atoms with Gasteiger partial charge in [0.25, 0.3) is 0 Å². The van der Waals surface area contributed by atoms with Gasteiger partial charge in [-0.1, -0.05) is 24.6 Å². The van der Waals surface area contributed by atoms with E-state index in [1.54, 1.807) is 5.56 Å². The third kappa shape index (κ3) is 2.30. The molecule has 1 saturated carbocycles. The van der Waals surface area contributed by atoms with E-state index in [-0.39, 0.29) is 0 Å². The smallest absolute Gasteiger partial charge is 0.0108 e. The number of rotatable bonds is 2. The average Bonchev–Trinajstić information content (AvgIpc) is 3.05. The molecule has 0 bridgehead atoms. The van der Waals surface area contributed by atoms with Crippen molar-refractivity contribution in [2.75, 3.05) is 25.4 Å². The van der Waals surface area contributed by atoms with Crippen molar-refractivity contribution in [3.8, 4) is 0 Å². The fraction of sp³-hybridized carbons (Fsp3) is 0.647. The summed E-state index contributed by atoms with van der Waals surface area (Å²) >= 11 is 2.03. The highest BCUT2D eigenvalue weighted by Crippen LogP contribution is 2.41. The van der Waals surface area contributed by atoms with Crippen molar-refractivity contribution < 1.29 is 0 Å². The molecule has 3 heteroatoms. The van der Waals surface area contributed by atoms with Crippen LogP contribution in [0.2, 0.25) is 0 Å². The first-order valence-electron chi connectivity index (χ1n) is 8.01. The second-order valence-electron chi connectivity index (χ2n) is 6.78. The predicted octanol–water partition coefficient (Wildman–Crippen LogP) is 2.94. The van der Waals surface area contributed by atoms with Crippen LogP contribution in [0.4, 0.5) is 0 Å². The summed E-state index contributed by atoms with van der Waals surface area (Å²) in [5.41, 5.74) is 7.92. The summed E-state index contributed by atoms with van der Waals surface area (Å²) in [5.74, 6) is 3.64. The molecule has 4 atom stereocenters. The first-order chi connectivity index (χ1) is 9.81. The van der Waals surface area contributed by atoms with Crippen LogP contribution < -0.4 is 5.73 Å². The summed E-state index contributed by atoms with van der Waals surface area (Å²) in [5, 5.41) is 0. The number of likely N-dealkylation sites (tertiary alicyclic amines) is 1. The summed E-state index contributed by atoms with van der Waals surface area (Å²) in [7, 11) is 0. The van der Waals surface area contributed by atoms with E-state index in [1.807, 2.05) is 11.8 Å². The minimum atomic E-state index is 0.462. The molecule has 1 aromatic carbocycles. The first kappa shape index (κ1) is 13.2. The molecule has 2 nitrogen and oxygen atoms in total. The van der Waals surface area contributed by atoms with Gasteiger partial charge in [0.05, 0.1) is 0 Å². The van der Waals surface area contributed by atoms with Crippen LogP contribution in [0.15, 0.2) is 29.2 Å². The maximum absolute atomic E-state index is 6.34. The van der Waals surface area contributed by atoms with Crippen molar-refractivity contribution in [1.82, 2.24) is 4.90 Å². The maximum atomic E-state index is 6.34. The van der Waals surface area contributed by atoms with Gasteiger partial charge in [0.1, 0.15) is 0 Å². The Bertz CT molecular complexity index is 490. The van der Waals surface area contributed by atoms with E-state index < -0.39 is 0 Å². The average molecular weight is 288 g/mol. The molecule has 2 aliphatic heterocycles. The monoisotopic (exact) mass is 288 g/mol. The highest BCUT2D eigenvalue weighted by atomic mass is 32.2. The summed E-state index contributed by atoms with van der Waals surface area (Å²) in [6.07, 6.45) is 4.00. The van der Waals surface area contributed by atoms with Crippen LogP contribution in [-0.2, 0) is 0 Å². The van der Waals surface area contributed by atoms with Gasteiger partial charge in [-0.2, -0.15) is 0 Å². The van der Waals surface area contributed by atoms with E-state index in [2.05, 4.69) is 29.2 Å². The van der Waals surface area contributed by atoms with Crippen LogP contribution in [0.1, 0.15) is 30.7 Å². The summed E-state index contributed by atoms with van der Waals surface area (Å²) in [6, 6.07) is 9.42. The molecule has 2 heterocycles. The second kappa shape index (κ2) is 5.36. The van der Waals surface area contributed by atoms with E-state index in [4.69, 9.17) is 5.73 Å². The van der Waals surface area contributed by atoms with E-state index in [0.29, 0.717) is 6.04 Å². The van der Waals surface area contributed by atoms with E-state index in [0.717, 1.165) is 17.8 Å². The Morgan fingerprint density at radius 1 is 1.20 bits per heavy atom. The normalized spacial score (nSPS) is 36.9. The Morgan fingerprint density at radius 3 is 3.00 bits per heavy atom. The van der Waals surface area contributed by atoms with Crippen molar-refractivity contribution in [3.63, 3.8) is 0 Å². The van der Waals surface area contributed by atoms with Crippen LogP contribution in [0.3, 0.4) is 0 Å². The lowest BCUT2D eigenvalue weighted by atomic mass is 9.78. The molecule has 2 N–H and O–H groups in total. The van der Waals surface area contributed by atoms with Crippen LogP contribution in [0, 0.1) is 11.8 Å². The number of nitrogens with two attached hydrogens (primary N) is 1. The molecule has 1 aromatic rings. The van der Waals surface area contributed by atoms with E-state index in [1.165, 1.54) is 49.5 Å². The van der Waals surface area contributed by atoms with Gasteiger partial charge in [0, 0.05) is 42.2 Å². The topological polar surface area (TPSA) is 29.3 Å². The van der Waals surface area contributed by atoms with Gasteiger partial charge in [-0.3, -0.25) is 0 Å². The highest BCUT2D eigenvalue weighted by molar-refractivity contribution is 7.99. The number of hydrogen-bond donors (Lipinski definition) is 1. The Morgan fingerprint density at radius 2 is 2.10 bits per heavy atom. The number of nitrogens with zero attached hydrogens (tertiary/aromatic N) is 1. The largest absolute Gasteiger partial charge is 0.327 e. The molecule has 4 rings (SSSR count). The predicted molar refractivity (Wildman–Crippen MR) is 85.2 cm³/mol. The van der Waals surface area contributed by atoms with Crippen LogP contribution >= 0.6 is 11.8 Å². The molecule has 4 unspecified atom stereocenters. The Kier molecular flexibility index (Phi) is 3.53. The summed E-state index contributed by atoms with van der Waals surface area (Å²) in [4.78, 5) is 4.21. The van der Waals surface area contributed by atoms with Crippen LogP contribution in [0.5, 0.6) is 0 Å². The van der Waals surface area contributed by atoms with Gasteiger partial charge in [-0.05, 0) is 36.3 Å². The SMILES string of the molecule is NC1CCCC2CN(CC3CSc4ccccc43)CC12. The molecule has 0 spiro atoms. The molecule has 1 saturated heterocycles. The van der Waals surface area contributed by atoms with Crippen molar-refractivity contribution in [2.45, 2.75) is 36.1 Å². The Hall–Kier alpha value is -0.510. The molecule has 3 aliphatic rings. The van der Waals surface area contributed by atoms with Gasteiger partial charge in [-0.25, -0.2) is 0 Å². The lowest BCUT2D eigenvalue weighted by Crippen LogP contribution is -2.38. The number of hydrogen-bond acceptors (Lipinski definition) is 3. The van der Waals surface area contributed by atoms with E-state index in [9.17, 15) is 0 Å². The fourth-order valence-electron chi connectivity index (χ4n) is 4.45. The number of fused-ring (bicyclic) bond motifs is 2. The number of benzene rings is 1. The molecule has 108 valence electrons. The van der Waals surface area contributed by atoms with Gasteiger partial charge >= 0.3 is 0 Å². The molecule has 0 aromatic heterocycles. The highest BCUT2D eigenvalue weighted by Gasteiger charge is 2.39. The fourth-order valence-corrected chi connectivity index (χ4v) is 5.69. The molecular weight excluding hydrogens is 264 g/mol. The minimum Gasteiger partial charge on any atom is -0.327 e. The summed E-state index contributed by atoms with van der Waals surface area (Å²) < 4.78 is 0. The molecular formula is C17H24N2S. The van der Waals surface area contributed by atoms with Crippen molar-refractivity contribution >= 4 is 11.8 Å². The zero-order valence-corrected chi connectivity index (χ0v) is 12.8. The van der Waals surface area contributed by atoms with Gasteiger partial charge in [-0.15, -0.1) is 11.8 Å². The van der Waals surface area contributed by atoms with Crippen LogP contribution in [0.25, 0.3) is 0 Å². The van der Waals surface area contributed by atoms with Crippen LogP contribution in [-0.4, -0.2) is 36.3 Å². The lowest BCUT2D eigenvalue weighted by molar-refractivity contribution is 0.259. The molecule has 1 aliphatic carbocycles. The molecule has 0 radical (unpaired) electrons. The lowest BCUT2D eigenvalue weighted by Gasteiger charge is -2.30. The molecule has 2 fully saturated rings. The van der Waals surface area contributed by atoms with E-state index >= 15 is 0 Å². The van der Waals surface area contributed by atoms with Crippen molar-refractivity contribution in [2.24, 2.45) is 17.6 Å². The molecule has 20 heavy (non-hydrogen) atoms. The zero-order valence-electron chi connectivity index (χ0n) is 12.0. The maximum Gasteiger partial charge on any atom is 0.0108 e. The summed E-state index contributed by atoms with van der Waals surface area (Å²) in [6.45, 7) is 3.78. The minimum absolute atomic E-state index is 0.462. The van der Waals surface area contributed by atoms with Crippen molar-refractivity contribution in [3.05, 3.63) is 29.8 Å². The van der Waals surface area contributed by atoms with Gasteiger partial charge in [0.15, 0.2) is 0 Å². The van der Waals surface area contributed by atoms with Crippen molar-refractivity contribution in [1.29, 1.82) is 0 Å². The van der Waals surface area contributed by atoms with Gasteiger partial charge in [0.2, 0.25) is 0 Å². The molecule has 0 amide bonds. The van der Waals surface area contributed by atoms with Gasteiger partial charge < -0.3 is 10.6 Å². The first-order valence-corrected chi connectivity index (χ1v) is 8.99. The third-order valence-electron chi connectivity index (χ3n) is 5.51.